The molecule has 0 aliphatic heterocycles. The van der Waals surface area contributed by atoms with Crippen LogP contribution in [0.1, 0.15) is 50.4 Å². The zero-order chi connectivity index (χ0) is 28.3. The van der Waals surface area contributed by atoms with E-state index in [1.165, 1.54) is 19.3 Å². The molecule has 3 N–H and O–H groups in total. The van der Waals surface area contributed by atoms with Gasteiger partial charge in [-0.2, -0.15) is 0 Å². The highest BCUT2D eigenvalue weighted by atomic mass is 16.4. The van der Waals surface area contributed by atoms with Gasteiger partial charge in [-0.15, -0.1) is 0 Å². The number of nitrogens with one attached hydrogen (secondary N) is 2. The Hall–Kier alpha value is -4.10. The summed E-state index contributed by atoms with van der Waals surface area (Å²) in [5, 5.41) is 16.9. The van der Waals surface area contributed by atoms with Gasteiger partial charge >= 0.3 is 12.0 Å². The minimum absolute atomic E-state index is 0.113. The fourth-order valence-electron chi connectivity index (χ4n) is 4.72. The largest absolute Gasteiger partial charge is 0.480 e. The highest BCUT2D eigenvalue weighted by molar-refractivity contribution is 5.92. The van der Waals surface area contributed by atoms with Crippen LogP contribution in [0.2, 0.25) is 0 Å². The molecule has 0 bridgehead atoms. The maximum atomic E-state index is 12.6. The van der Waals surface area contributed by atoms with Gasteiger partial charge in [-0.3, -0.25) is 15.0 Å². The van der Waals surface area contributed by atoms with E-state index in [1.54, 1.807) is 11.9 Å². The lowest BCUT2D eigenvalue weighted by Gasteiger charge is -2.19. The molecular weight excluding hydrogens is 502 g/mol. The predicted molar refractivity (Wildman–Crippen MR) is 161 cm³/mol. The van der Waals surface area contributed by atoms with E-state index in [0.717, 1.165) is 46.2 Å². The van der Waals surface area contributed by atoms with Crippen LogP contribution in [0.5, 0.6) is 0 Å². The molecule has 1 atom stereocenters. The topological polar surface area (TPSA) is 94.8 Å². The van der Waals surface area contributed by atoms with Crippen LogP contribution < -0.4 is 15.5 Å². The molecule has 3 aromatic carbocycles. The number of hydrogen-bond donors (Lipinski definition) is 3. The van der Waals surface area contributed by atoms with E-state index in [4.69, 9.17) is 4.42 Å². The number of rotatable bonds is 14. The lowest BCUT2D eigenvalue weighted by Crippen LogP contribution is -2.38. The lowest BCUT2D eigenvalue weighted by molar-refractivity contribution is -0.139. The van der Waals surface area contributed by atoms with Gasteiger partial charge in [0.1, 0.15) is 17.4 Å². The number of fused-ring (bicyclic) bond motifs is 1. The van der Waals surface area contributed by atoms with Crippen LogP contribution in [0.3, 0.4) is 0 Å². The fourth-order valence-corrected chi connectivity index (χ4v) is 4.72. The zero-order valence-corrected chi connectivity index (χ0v) is 23.4. The van der Waals surface area contributed by atoms with Gasteiger partial charge < -0.3 is 14.8 Å². The zero-order valence-electron chi connectivity index (χ0n) is 23.4. The summed E-state index contributed by atoms with van der Waals surface area (Å²) in [6.07, 6.45) is 6.12. The van der Waals surface area contributed by atoms with E-state index in [2.05, 4.69) is 17.6 Å². The molecule has 0 aliphatic rings. The second kappa shape index (κ2) is 14.3. The molecule has 0 saturated carbocycles. The lowest BCUT2D eigenvalue weighted by atomic mass is 10.00. The quantitative estimate of drug-likeness (QED) is 0.149. The molecule has 210 valence electrons. The number of carbonyl (C=O) groups excluding carboxylic acids is 1. The van der Waals surface area contributed by atoms with E-state index < -0.39 is 12.0 Å². The van der Waals surface area contributed by atoms with Gasteiger partial charge in [0, 0.05) is 24.7 Å². The third kappa shape index (κ3) is 7.96. The monoisotopic (exact) mass is 541 g/mol. The highest BCUT2D eigenvalue weighted by Crippen LogP contribution is 2.25. The molecule has 40 heavy (non-hydrogen) atoms. The van der Waals surface area contributed by atoms with Crippen LogP contribution in [0.4, 0.5) is 10.5 Å². The molecule has 0 aliphatic carbocycles. The Morgan fingerprint density at radius 1 is 0.900 bits per heavy atom. The third-order valence-corrected chi connectivity index (χ3v) is 7.12. The summed E-state index contributed by atoms with van der Waals surface area (Å²) in [6.45, 7) is 3.20. The van der Waals surface area contributed by atoms with E-state index in [-0.39, 0.29) is 6.03 Å². The fraction of sp³-hybridized carbons (Fsp3) is 0.333. The van der Waals surface area contributed by atoms with E-state index in [9.17, 15) is 14.7 Å². The van der Waals surface area contributed by atoms with Crippen molar-refractivity contribution in [2.24, 2.45) is 0 Å². The van der Waals surface area contributed by atoms with Crippen molar-refractivity contribution in [3.8, 4) is 11.1 Å². The molecular formula is C33H39N3O4. The van der Waals surface area contributed by atoms with Crippen LogP contribution in [0.25, 0.3) is 22.1 Å². The van der Waals surface area contributed by atoms with Crippen molar-refractivity contribution in [3.05, 3.63) is 90.2 Å². The van der Waals surface area contributed by atoms with Crippen LogP contribution in [0.15, 0.2) is 83.3 Å². The minimum atomic E-state index is -0.907. The third-order valence-electron chi connectivity index (χ3n) is 7.12. The second-order valence-electron chi connectivity index (χ2n) is 10.2. The van der Waals surface area contributed by atoms with Crippen LogP contribution in [-0.4, -0.2) is 36.7 Å². The second-order valence-corrected chi connectivity index (χ2v) is 10.2. The summed E-state index contributed by atoms with van der Waals surface area (Å²) in [6, 6.07) is 24.5. The molecule has 4 rings (SSSR count). The predicted octanol–water partition coefficient (Wildman–Crippen LogP) is 7.00. The van der Waals surface area contributed by atoms with Crippen molar-refractivity contribution < 1.29 is 19.1 Å². The molecule has 1 heterocycles. The molecule has 7 heteroatoms. The first kappa shape index (κ1) is 28.9. The summed E-state index contributed by atoms with van der Waals surface area (Å²) >= 11 is 0. The number of amides is 2. The van der Waals surface area contributed by atoms with Crippen molar-refractivity contribution in [1.29, 1.82) is 0 Å². The average Bonchev–Trinajstić information content (AvgIpc) is 3.40. The molecule has 7 nitrogen and oxygen atoms in total. The summed E-state index contributed by atoms with van der Waals surface area (Å²) < 4.78 is 5.81. The molecule has 1 unspecified atom stereocenters. The van der Waals surface area contributed by atoms with Crippen molar-refractivity contribution in [2.75, 3.05) is 18.5 Å². The standard InChI is InChI=1S/C33H39N3O4/c1-3-4-5-6-9-19-34-33(39)36(2)28-13-10-12-26(21-28)25-17-15-24(16-18-25)20-30(32(37)38)35-23-29-22-27-11-7-8-14-31(27)40-29/h7-8,10-18,21-22,30,35H,3-6,9,19-20,23H2,1-2H3,(H,34,39)(H,37,38). The Morgan fingerprint density at radius 3 is 2.42 bits per heavy atom. The number of carbonyl (C=O) groups is 2. The molecule has 4 aromatic rings. The number of carboxylic acids is 1. The number of hydrogen-bond acceptors (Lipinski definition) is 4. The van der Waals surface area contributed by atoms with Gasteiger partial charge in [-0.1, -0.05) is 87.2 Å². The SMILES string of the molecule is CCCCCCCNC(=O)N(C)c1cccc(-c2ccc(CC(NCc3cc4ccccc4o3)C(=O)O)cc2)c1. The van der Waals surface area contributed by atoms with Crippen molar-refractivity contribution in [3.63, 3.8) is 0 Å². The minimum Gasteiger partial charge on any atom is -0.480 e. The van der Waals surface area contributed by atoms with Crippen LogP contribution >= 0.6 is 0 Å². The number of para-hydroxylation sites is 1. The van der Waals surface area contributed by atoms with Gasteiger partial charge in [0.2, 0.25) is 0 Å². The molecule has 0 saturated heterocycles. The molecule has 2 amide bonds. The number of anilines is 1. The van der Waals surface area contributed by atoms with Crippen molar-refractivity contribution in [1.82, 2.24) is 10.6 Å². The van der Waals surface area contributed by atoms with Gasteiger partial charge in [0.15, 0.2) is 0 Å². The summed E-state index contributed by atoms with van der Waals surface area (Å²) in [5.74, 6) is -0.205. The van der Waals surface area contributed by atoms with Gasteiger partial charge in [-0.25, -0.2) is 4.79 Å². The molecule has 0 fully saturated rings. The number of benzene rings is 3. The first-order chi connectivity index (χ1) is 19.4. The summed E-state index contributed by atoms with van der Waals surface area (Å²) in [4.78, 5) is 26.2. The number of urea groups is 1. The average molecular weight is 542 g/mol. The van der Waals surface area contributed by atoms with E-state index >= 15 is 0 Å². The van der Waals surface area contributed by atoms with Gasteiger partial charge in [0.05, 0.1) is 6.54 Å². The molecule has 0 spiro atoms. The van der Waals surface area contributed by atoms with Crippen LogP contribution in [-0.2, 0) is 17.8 Å². The van der Waals surface area contributed by atoms with Crippen molar-refractivity contribution >= 4 is 28.7 Å². The van der Waals surface area contributed by atoms with E-state index in [1.807, 2.05) is 78.9 Å². The van der Waals surface area contributed by atoms with Crippen molar-refractivity contribution in [2.45, 2.75) is 58.0 Å². The number of unbranched alkanes of at least 4 members (excludes halogenated alkanes) is 4. The molecule has 0 radical (unpaired) electrons. The first-order valence-corrected chi connectivity index (χ1v) is 14.1. The highest BCUT2D eigenvalue weighted by Gasteiger charge is 2.18. The maximum absolute atomic E-state index is 12.6. The van der Waals surface area contributed by atoms with Crippen LogP contribution in [0, 0.1) is 0 Å². The van der Waals surface area contributed by atoms with Gasteiger partial charge in [-0.05, 0) is 53.8 Å². The Bertz CT molecular complexity index is 1360. The Balaban J connectivity index is 1.33. The number of furan rings is 1. The summed E-state index contributed by atoms with van der Waals surface area (Å²) in [5.41, 5.74) is 4.50. The summed E-state index contributed by atoms with van der Waals surface area (Å²) in [7, 11) is 1.78. The Morgan fingerprint density at radius 2 is 1.68 bits per heavy atom. The Kier molecular flexibility index (Phi) is 10.4. The number of aliphatic carboxylic acids is 1. The maximum Gasteiger partial charge on any atom is 0.321 e. The van der Waals surface area contributed by atoms with Gasteiger partial charge in [0.25, 0.3) is 0 Å². The number of carboxylic acid groups (broad SMARTS) is 1. The normalized spacial score (nSPS) is 11.8. The molecule has 1 aromatic heterocycles. The number of nitrogens with zero attached hydrogens (tertiary/aromatic N) is 1. The Labute approximate surface area is 236 Å². The smallest absolute Gasteiger partial charge is 0.321 e. The van der Waals surface area contributed by atoms with E-state index in [0.29, 0.717) is 25.3 Å². The first-order valence-electron chi connectivity index (χ1n) is 14.1.